The first-order valence-corrected chi connectivity index (χ1v) is 8.42. The standard InChI is InChI=1S/C18H23NO3/c1-19-8-7-18-11-4-5-13(20)17(18)22-16-14(21-2)6-3-10(15(16)18)9-12(11)19/h3,6,11-13,17,20H,4-5,7-9H2,1-2H3/t11?,12?,13-,17+,18+/m0/s1. The largest absolute Gasteiger partial charge is 0.493 e. The number of benzene rings is 1. The number of aliphatic hydroxyl groups is 1. The molecule has 5 rings (SSSR count). The Morgan fingerprint density at radius 1 is 1.36 bits per heavy atom. The predicted octanol–water partition coefficient (Wildman–Crippen LogP) is 1.73. The molecule has 4 nitrogen and oxygen atoms in total. The fraction of sp³-hybridized carbons (Fsp3) is 0.667. The minimum absolute atomic E-state index is 0.00625. The number of hydrogen-bond acceptors (Lipinski definition) is 4. The Morgan fingerprint density at radius 3 is 3.05 bits per heavy atom. The van der Waals surface area contributed by atoms with Gasteiger partial charge in [0, 0.05) is 17.0 Å². The van der Waals surface area contributed by atoms with Crippen molar-refractivity contribution in [1.82, 2.24) is 4.90 Å². The van der Waals surface area contributed by atoms with Crippen LogP contribution in [0.2, 0.25) is 0 Å². The Labute approximate surface area is 131 Å². The molecule has 2 aliphatic heterocycles. The molecule has 5 atom stereocenters. The van der Waals surface area contributed by atoms with Crippen molar-refractivity contribution in [3.05, 3.63) is 23.3 Å². The van der Waals surface area contributed by atoms with E-state index in [4.69, 9.17) is 9.47 Å². The molecule has 0 radical (unpaired) electrons. The molecule has 1 spiro atoms. The lowest BCUT2D eigenvalue weighted by Gasteiger charge is -2.58. The molecule has 2 unspecified atom stereocenters. The monoisotopic (exact) mass is 301 g/mol. The van der Waals surface area contributed by atoms with Crippen molar-refractivity contribution in [2.45, 2.75) is 49.3 Å². The number of rotatable bonds is 1. The normalized spacial score (nSPS) is 41.8. The van der Waals surface area contributed by atoms with Gasteiger partial charge in [0.1, 0.15) is 6.10 Å². The van der Waals surface area contributed by atoms with Crippen LogP contribution in [0.5, 0.6) is 11.5 Å². The topological polar surface area (TPSA) is 41.9 Å². The summed E-state index contributed by atoms with van der Waals surface area (Å²) in [5.74, 6) is 2.34. The molecule has 2 aliphatic carbocycles. The van der Waals surface area contributed by atoms with Gasteiger partial charge in [-0.2, -0.15) is 0 Å². The first-order valence-electron chi connectivity index (χ1n) is 8.42. The van der Waals surface area contributed by atoms with Gasteiger partial charge >= 0.3 is 0 Å². The van der Waals surface area contributed by atoms with Gasteiger partial charge in [-0.25, -0.2) is 0 Å². The van der Waals surface area contributed by atoms with Crippen LogP contribution < -0.4 is 9.47 Å². The third-order valence-corrected chi connectivity index (χ3v) is 6.77. The number of ether oxygens (including phenoxy) is 2. The van der Waals surface area contributed by atoms with E-state index in [2.05, 4.69) is 18.0 Å². The second-order valence-corrected chi connectivity index (χ2v) is 7.46. The molecule has 0 amide bonds. The molecule has 1 N–H and O–H groups in total. The van der Waals surface area contributed by atoms with Gasteiger partial charge in [-0.15, -0.1) is 0 Å². The summed E-state index contributed by atoms with van der Waals surface area (Å²) in [6.45, 7) is 1.09. The number of hydrogen-bond donors (Lipinski definition) is 1. The maximum absolute atomic E-state index is 10.6. The Balaban J connectivity index is 1.80. The Bertz CT molecular complexity index is 645. The van der Waals surface area contributed by atoms with Crippen LogP contribution in [0.4, 0.5) is 0 Å². The summed E-state index contributed by atoms with van der Waals surface area (Å²) in [6, 6.07) is 4.83. The van der Waals surface area contributed by atoms with Crippen molar-refractivity contribution in [3.8, 4) is 11.5 Å². The molecule has 1 saturated carbocycles. The molecule has 4 aliphatic rings. The van der Waals surface area contributed by atoms with Crippen molar-refractivity contribution in [2.75, 3.05) is 20.7 Å². The molecule has 22 heavy (non-hydrogen) atoms. The van der Waals surface area contributed by atoms with Gasteiger partial charge in [0.15, 0.2) is 11.5 Å². The van der Waals surface area contributed by atoms with Gasteiger partial charge in [-0.1, -0.05) is 6.07 Å². The van der Waals surface area contributed by atoms with Crippen LogP contribution in [0.1, 0.15) is 30.4 Å². The summed E-state index contributed by atoms with van der Waals surface area (Å²) in [6.07, 6.45) is 3.69. The number of piperidine rings is 1. The number of likely N-dealkylation sites (tertiary alicyclic amines) is 1. The average molecular weight is 301 g/mol. The third kappa shape index (κ3) is 1.32. The predicted molar refractivity (Wildman–Crippen MR) is 82.6 cm³/mol. The van der Waals surface area contributed by atoms with Crippen LogP contribution in [0.25, 0.3) is 0 Å². The Kier molecular flexibility index (Phi) is 2.51. The molecule has 1 saturated heterocycles. The molecule has 2 fully saturated rings. The van der Waals surface area contributed by atoms with Crippen LogP contribution in [0, 0.1) is 5.92 Å². The lowest BCUT2D eigenvalue weighted by molar-refractivity contribution is -0.0993. The molecular weight excluding hydrogens is 278 g/mol. The number of aliphatic hydroxyl groups excluding tert-OH is 1. The second-order valence-electron chi connectivity index (χ2n) is 7.46. The van der Waals surface area contributed by atoms with Crippen molar-refractivity contribution in [3.63, 3.8) is 0 Å². The zero-order chi connectivity index (χ0) is 15.1. The second kappa shape index (κ2) is 4.18. The van der Waals surface area contributed by atoms with Gasteiger partial charge in [-0.05, 0) is 56.8 Å². The molecule has 118 valence electrons. The summed E-state index contributed by atoms with van der Waals surface area (Å²) in [7, 11) is 3.96. The van der Waals surface area contributed by atoms with Crippen LogP contribution in [-0.2, 0) is 11.8 Å². The van der Waals surface area contributed by atoms with Crippen LogP contribution >= 0.6 is 0 Å². The first kappa shape index (κ1) is 13.2. The highest BCUT2D eigenvalue weighted by Gasteiger charge is 2.65. The maximum atomic E-state index is 10.6. The van der Waals surface area contributed by atoms with E-state index in [-0.39, 0.29) is 17.6 Å². The highest BCUT2D eigenvalue weighted by atomic mass is 16.5. The molecule has 0 aromatic heterocycles. The number of methoxy groups -OCH3 is 1. The summed E-state index contributed by atoms with van der Waals surface area (Å²) in [5, 5.41) is 10.6. The smallest absolute Gasteiger partial charge is 0.165 e. The first-order chi connectivity index (χ1) is 10.7. The van der Waals surface area contributed by atoms with E-state index < -0.39 is 0 Å². The van der Waals surface area contributed by atoms with Crippen molar-refractivity contribution in [1.29, 1.82) is 0 Å². The minimum Gasteiger partial charge on any atom is -0.493 e. The van der Waals surface area contributed by atoms with E-state index in [1.54, 1.807) is 7.11 Å². The zero-order valence-corrected chi connectivity index (χ0v) is 13.2. The van der Waals surface area contributed by atoms with Crippen molar-refractivity contribution < 1.29 is 14.6 Å². The SMILES string of the molecule is COc1ccc2c3c1O[C@@H]1[C@@H](O)CCC4C(C2)N(C)CC[C@]341. The third-order valence-electron chi connectivity index (χ3n) is 6.77. The molecule has 4 heteroatoms. The molecule has 1 aromatic rings. The minimum atomic E-state index is -0.358. The average Bonchev–Trinajstić information content (AvgIpc) is 2.88. The zero-order valence-electron chi connectivity index (χ0n) is 13.2. The van der Waals surface area contributed by atoms with E-state index in [0.717, 1.165) is 43.7 Å². The van der Waals surface area contributed by atoms with Gasteiger partial charge in [-0.3, -0.25) is 0 Å². The summed E-state index contributed by atoms with van der Waals surface area (Å²) < 4.78 is 11.9. The summed E-state index contributed by atoms with van der Waals surface area (Å²) in [4.78, 5) is 2.52. The summed E-state index contributed by atoms with van der Waals surface area (Å²) in [5.41, 5.74) is 2.77. The quantitative estimate of drug-likeness (QED) is 0.858. The highest BCUT2D eigenvalue weighted by molar-refractivity contribution is 5.61. The molecule has 2 bridgehead atoms. The van der Waals surface area contributed by atoms with E-state index in [9.17, 15) is 5.11 Å². The van der Waals surface area contributed by atoms with Gasteiger partial charge in [0.25, 0.3) is 0 Å². The van der Waals surface area contributed by atoms with E-state index in [1.165, 1.54) is 11.1 Å². The van der Waals surface area contributed by atoms with Crippen LogP contribution in [-0.4, -0.2) is 49.0 Å². The van der Waals surface area contributed by atoms with E-state index in [1.807, 2.05) is 6.07 Å². The fourth-order valence-corrected chi connectivity index (χ4v) is 5.86. The lowest BCUT2D eigenvalue weighted by atomic mass is 9.51. The Morgan fingerprint density at radius 2 is 2.23 bits per heavy atom. The number of likely N-dealkylation sites (N-methyl/N-ethyl adjacent to an activating group) is 1. The molecule has 2 heterocycles. The summed E-state index contributed by atoms with van der Waals surface area (Å²) >= 11 is 0. The van der Waals surface area contributed by atoms with Gasteiger partial charge < -0.3 is 19.5 Å². The Hall–Kier alpha value is -1.26. The maximum Gasteiger partial charge on any atom is 0.165 e. The van der Waals surface area contributed by atoms with E-state index >= 15 is 0 Å². The van der Waals surface area contributed by atoms with Crippen LogP contribution in [0.15, 0.2) is 12.1 Å². The molecular formula is C18H23NO3. The van der Waals surface area contributed by atoms with Gasteiger partial charge in [0.2, 0.25) is 0 Å². The van der Waals surface area contributed by atoms with Crippen molar-refractivity contribution in [2.24, 2.45) is 5.92 Å². The number of nitrogens with zero attached hydrogens (tertiary/aromatic N) is 1. The van der Waals surface area contributed by atoms with Crippen LogP contribution in [0.3, 0.4) is 0 Å². The van der Waals surface area contributed by atoms with E-state index in [0.29, 0.717) is 12.0 Å². The lowest BCUT2D eigenvalue weighted by Crippen LogP contribution is -2.66. The van der Waals surface area contributed by atoms with Gasteiger partial charge in [0.05, 0.1) is 13.2 Å². The van der Waals surface area contributed by atoms with Crippen molar-refractivity contribution >= 4 is 0 Å². The highest BCUT2D eigenvalue weighted by Crippen LogP contribution is 2.63. The fourth-order valence-electron chi connectivity index (χ4n) is 5.86. The molecule has 1 aromatic carbocycles.